The van der Waals surface area contributed by atoms with E-state index in [-0.39, 0.29) is 23.6 Å². The van der Waals surface area contributed by atoms with E-state index < -0.39 is 0 Å². The van der Waals surface area contributed by atoms with Gasteiger partial charge in [-0.3, -0.25) is 14.0 Å². The second-order valence-electron chi connectivity index (χ2n) is 12.6. The van der Waals surface area contributed by atoms with Crippen LogP contribution in [-0.2, 0) is 22.6 Å². The molecule has 7 rings (SSSR count). The van der Waals surface area contributed by atoms with Crippen LogP contribution in [0.3, 0.4) is 0 Å². The molecular formula is C38H38Cl2N6O4. The van der Waals surface area contributed by atoms with Gasteiger partial charge in [-0.25, -0.2) is 9.97 Å². The third kappa shape index (κ3) is 7.26. The van der Waals surface area contributed by atoms with E-state index in [9.17, 15) is 9.59 Å². The van der Waals surface area contributed by atoms with E-state index >= 15 is 0 Å². The SMILES string of the molecule is COc1nc(-c2cccc(-c3cccc(-c4ccn5c(=O)c(CNC[C@@H]6CCCO6)cnc5c4)c3Cl)c2Cl)ccc1CNC[C@@H]1CCC(=O)N1. The Bertz CT molecular complexity index is 2100. The number of ether oxygens (including phenoxy) is 2. The largest absolute Gasteiger partial charge is 0.481 e. The number of aromatic nitrogens is 3. The first-order valence-electron chi connectivity index (χ1n) is 16.8. The Morgan fingerprint density at radius 2 is 1.66 bits per heavy atom. The summed E-state index contributed by atoms with van der Waals surface area (Å²) in [5, 5.41) is 10.7. The Labute approximate surface area is 300 Å². The third-order valence-electron chi connectivity index (χ3n) is 9.29. The summed E-state index contributed by atoms with van der Waals surface area (Å²) in [6.45, 7) is 3.16. The van der Waals surface area contributed by atoms with Crippen molar-refractivity contribution in [2.24, 2.45) is 0 Å². The van der Waals surface area contributed by atoms with E-state index in [2.05, 4.69) is 20.9 Å². The summed E-state index contributed by atoms with van der Waals surface area (Å²) in [4.78, 5) is 34.1. The Morgan fingerprint density at radius 1 is 0.920 bits per heavy atom. The molecule has 10 nitrogen and oxygen atoms in total. The molecule has 3 aromatic heterocycles. The molecule has 2 aliphatic rings. The molecule has 50 heavy (non-hydrogen) atoms. The van der Waals surface area contributed by atoms with E-state index in [1.165, 1.54) is 0 Å². The lowest BCUT2D eigenvalue weighted by Gasteiger charge is -2.16. The minimum atomic E-state index is -0.113. The molecule has 258 valence electrons. The summed E-state index contributed by atoms with van der Waals surface area (Å²) in [5.41, 5.74) is 6.46. The van der Waals surface area contributed by atoms with Gasteiger partial charge in [0.25, 0.3) is 5.56 Å². The van der Waals surface area contributed by atoms with Crippen LogP contribution in [0.2, 0.25) is 10.0 Å². The topological polar surface area (TPSA) is 119 Å². The van der Waals surface area contributed by atoms with Crippen molar-refractivity contribution < 1.29 is 14.3 Å². The van der Waals surface area contributed by atoms with Crippen LogP contribution in [0, 0.1) is 0 Å². The van der Waals surface area contributed by atoms with Crippen molar-refractivity contribution in [3.63, 3.8) is 0 Å². The molecule has 2 atom stereocenters. The number of pyridine rings is 2. The van der Waals surface area contributed by atoms with E-state index in [0.717, 1.165) is 59.3 Å². The standard InChI is InChI=1S/C38H38Cl2N6O4/c1-49-37-24(18-41-21-26-11-13-34(47)44-26)10-12-32(45-37)31-9-3-8-30(36(31)40)29-7-2-6-28(35(29)39)23-14-15-46-33(17-23)43-20-25(38(46)48)19-42-22-27-5-4-16-50-27/h2-3,6-10,12,14-15,17,20,26-27,41-42H,4-5,11,13,16,18-19,21-22H2,1H3,(H,44,47)/t26-,27-/m0/s1. The summed E-state index contributed by atoms with van der Waals surface area (Å²) in [6, 6.07) is 19.4. The van der Waals surface area contributed by atoms with E-state index in [1.807, 2.05) is 60.7 Å². The Balaban J connectivity index is 1.11. The van der Waals surface area contributed by atoms with Gasteiger partial charge >= 0.3 is 0 Å². The predicted molar refractivity (Wildman–Crippen MR) is 196 cm³/mol. The van der Waals surface area contributed by atoms with E-state index in [1.54, 1.807) is 23.9 Å². The van der Waals surface area contributed by atoms with Crippen molar-refractivity contribution in [2.75, 3.05) is 26.8 Å². The number of fused-ring (bicyclic) bond motifs is 1. The second kappa shape index (κ2) is 15.3. The molecule has 12 heteroatoms. The average molecular weight is 714 g/mol. The summed E-state index contributed by atoms with van der Waals surface area (Å²) >= 11 is 14.2. The smallest absolute Gasteiger partial charge is 0.262 e. The number of amides is 1. The minimum absolute atomic E-state index is 0.0971. The van der Waals surface area contributed by atoms with Crippen molar-refractivity contribution in [3.8, 4) is 39.4 Å². The molecule has 0 aliphatic carbocycles. The lowest BCUT2D eigenvalue weighted by molar-refractivity contribution is -0.119. The molecule has 0 spiro atoms. The summed E-state index contributed by atoms with van der Waals surface area (Å²) in [7, 11) is 1.60. The molecule has 2 fully saturated rings. The zero-order valence-electron chi connectivity index (χ0n) is 27.7. The van der Waals surface area contributed by atoms with Crippen LogP contribution >= 0.6 is 23.2 Å². The first kappa shape index (κ1) is 34.1. The van der Waals surface area contributed by atoms with Crippen LogP contribution in [0.15, 0.2) is 77.9 Å². The van der Waals surface area contributed by atoms with Crippen molar-refractivity contribution in [1.82, 2.24) is 30.3 Å². The molecule has 0 radical (unpaired) electrons. The molecule has 3 N–H and O–H groups in total. The van der Waals surface area contributed by atoms with Gasteiger partial charge in [0.2, 0.25) is 11.8 Å². The molecule has 5 heterocycles. The van der Waals surface area contributed by atoms with Crippen LogP contribution in [0.1, 0.15) is 36.8 Å². The predicted octanol–water partition coefficient (Wildman–Crippen LogP) is 6.04. The number of halogens is 2. The number of rotatable bonds is 12. The van der Waals surface area contributed by atoms with Gasteiger partial charge in [0.1, 0.15) is 5.65 Å². The maximum absolute atomic E-state index is 13.2. The molecule has 5 aromatic rings. The molecule has 2 aliphatic heterocycles. The zero-order valence-corrected chi connectivity index (χ0v) is 29.2. The molecule has 0 unspecified atom stereocenters. The van der Waals surface area contributed by atoms with Gasteiger partial charge in [0.05, 0.1) is 29.0 Å². The Kier molecular flexibility index (Phi) is 10.4. The monoisotopic (exact) mass is 712 g/mol. The third-order valence-corrected chi connectivity index (χ3v) is 10.1. The van der Waals surface area contributed by atoms with Crippen molar-refractivity contribution in [1.29, 1.82) is 0 Å². The molecule has 2 aromatic carbocycles. The minimum Gasteiger partial charge on any atom is -0.481 e. The number of carbonyl (C=O) groups excluding carboxylic acids is 1. The van der Waals surface area contributed by atoms with Crippen molar-refractivity contribution >= 4 is 34.8 Å². The Morgan fingerprint density at radius 3 is 2.40 bits per heavy atom. The van der Waals surface area contributed by atoms with Crippen LogP contribution in [0.5, 0.6) is 5.88 Å². The van der Waals surface area contributed by atoms with E-state index in [0.29, 0.717) is 65.4 Å². The normalized spacial score (nSPS) is 17.4. The number of hydrogen-bond donors (Lipinski definition) is 3. The maximum atomic E-state index is 13.2. The highest BCUT2D eigenvalue weighted by molar-refractivity contribution is 6.39. The van der Waals surface area contributed by atoms with Crippen molar-refractivity contribution in [3.05, 3.63) is 105 Å². The first-order valence-corrected chi connectivity index (χ1v) is 17.6. The van der Waals surface area contributed by atoms with Gasteiger partial charge < -0.3 is 25.4 Å². The quantitative estimate of drug-likeness (QED) is 0.143. The molecule has 2 saturated heterocycles. The second-order valence-corrected chi connectivity index (χ2v) is 13.4. The number of nitrogens with zero attached hydrogens (tertiary/aromatic N) is 3. The summed E-state index contributed by atoms with van der Waals surface area (Å²) in [5.74, 6) is 0.595. The van der Waals surface area contributed by atoms with Gasteiger partial charge in [-0.05, 0) is 43.0 Å². The van der Waals surface area contributed by atoms with Gasteiger partial charge in [-0.1, -0.05) is 65.7 Å². The van der Waals surface area contributed by atoms with Gasteiger partial charge in [-0.15, -0.1) is 0 Å². The number of methoxy groups -OCH3 is 1. The number of carbonyl (C=O) groups is 1. The first-order chi connectivity index (χ1) is 24.4. The fraction of sp³-hybridized carbons (Fsp3) is 0.316. The van der Waals surface area contributed by atoms with Crippen LogP contribution in [-0.4, -0.2) is 59.2 Å². The lowest BCUT2D eigenvalue weighted by atomic mass is 9.97. The summed E-state index contributed by atoms with van der Waals surface area (Å²) in [6.07, 6.45) is 7.09. The maximum Gasteiger partial charge on any atom is 0.262 e. The fourth-order valence-electron chi connectivity index (χ4n) is 6.62. The Hall–Kier alpha value is -4.32. The van der Waals surface area contributed by atoms with Crippen LogP contribution in [0.25, 0.3) is 39.2 Å². The molecule has 0 saturated carbocycles. The van der Waals surface area contributed by atoms with Crippen LogP contribution < -0.4 is 26.2 Å². The number of hydrogen-bond acceptors (Lipinski definition) is 8. The average Bonchev–Trinajstić information content (AvgIpc) is 3.81. The highest BCUT2D eigenvalue weighted by Gasteiger charge is 2.21. The number of benzene rings is 2. The zero-order chi connectivity index (χ0) is 34.6. The molecule has 0 bridgehead atoms. The van der Waals surface area contributed by atoms with Crippen molar-refractivity contribution in [2.45, 2.75) is 50.9 Å². The van der Waals surface area contributed by atoms with Gasteiger partial charge in [-0.2, -0.15) is 0 Å². The lowest BCUT2D eigenvalue weighted by Crippen LogP contribution is -2.35. The highest BCUT2D eigenvalue weighted by Crippen LogP contribution is 2.42. The van der Waals surface area contributed by atoms with Gasteiger partial charge in [0.15, 0.2) is 0 Å². The highest BCUT2D eigenvalue weighted by atomic mass is 35.5. The van der Waals surface area contributed by atoms with E-state index in [4.69, 9.17) is 37.7 Å². The molecular weight excluding hydrogens is 675 g/mol. The van der Waals surface area contributed by atoms with Crippen LogP contribution in [0.4, 0.5) is 0 Å². The fourth-order valence-corrected chi connectivity index (χ4v) is 7.28. The van der Waals surface area contributed by atoms with Gasteiger partial charge in [0, 0.05) is 91.0 Å². The molecule has 1 amide bonds. The number of nitrogens with one attached hydrogen (secondary N) is 3. The summed E-state index contributed by atoms with van der Waals surface area (Å²) < 4.78 is 12.9.